The van der Waals surface area contributed by atoms with Crippen LogP contribution in [0.15, 0.2) is 23.7 Å². The van der Waals surface area contributed by atoms with Gasteiger partial charge in [-0.15, -0.1) is 11.3 Å². The van der Waals surface area contributed by atoms with Gasteiger partial charge in [0.1, 0.15) is 11.6 Å². The Labute approximate surface area is 115 Å². The third-order valence-electron chi connectivity index (χ3n) is 3.32. The van der Waals surface area contributed by atoms with E-state index in [9.17, 15) is 0 Å². The van der Waals surface area contributed by atoms with E-state index in [1.807, 2.05) is 10.6 Å². The smallest absolute Gasteiger partial charge is 0.196 e. The largest absolute Gasteiger partial charge is 0.496 e. The molecule has 0 saturated heterocycles. The lowest BCUT2D eigenvalue weighted by molar-refractivity contribution is 0.416. The molecule has 0 radical (unpaired) electrons. The fraction of sp³-hybridized carbons (Fsp3) is 0.214. The molecule has 0 aliphatic carbocycles. The number of ether oxygens (including phenoxy) is 1. The maximum absolute atomic E-state index is 5.75. The molecule has 0 amide bonds. The molecule has 2 heterocycles. The molecular formula is C14H15N3OS. The summed E-state index contributed by atoms with van der Waals surface area (Å²) in [6.07, 6.45) is 1.84. The van der Waals surface area contributed by atoms with Gasteiger partial charge in [0.15, 0.2) is 4.96 Å². The number of thiazole rings is 1. The molecular weight excluding hydrogens is 258 g/mol. The van der Waals surface area contributed by atoms with E-state index in [2.05, 4.69) is 36.3 Å². The van der Waals surface area contributed by atoms with Crippen molar-refractivity contribution in [2.45, 2.75) is 13.8 Å². The first-order valence-electron chi connectivity index (χ1n) is 5.98. The highest BCUT2D eigenvalue weighted by Gasteiger charge is 2.14. The van der Waals surface area contributed by atoms with Crippen LogP contribution in [-0.2, 0) is 0 Å². The van der Waals surface area contributed by atoms with E-state index in [1.165, 1.54) is 11.1 Å². The first-order chi connectivity index (χ1) is 9.10. The Morgan fingerprint density at radius 3 is 2.74 bits per heavy atom. The summed E-state index contributed by atoms with van der Waals surface area (Å²) in [6, 6.07) is 4.21. The number of methoxy groups -OCH3 is 1. The van der Waals surface area contributed by atoms with Gasteiger partial charge in [-0.2, -0.15) is 0 Å². The number of hydrogen-bond donors (Lipinski definition) is 1. The minimum Gasteiger partial charge on any atom is -0.496 e. The second kappa shape index (κ2) is 4.28. The fourth-order valence-corrected chi connectivity index (χ4v) is 3.03. The van der Waals surface area contributed by atoms with Gasteiger partial charge in [0.05, 0.1) is 19.0 Å². The van der Waals surface area contributed by atoms with Crippen molar-refractivity contribution in [3.8, 4) is 17.0 Å². The molecule has 1 aromatic carbocycles. The summed E-state index contributed by atoms with van der Waals surface area (Å²) in [6.45, 7) is 4.18. The average Bonchev–Trinajstić information content (AvgIpc) is 2.91. The van der Waals surface area contributed by atoms with E-state index in [0.29, 0.717) is 5.82 Å². The van der Waals surface area contributed by atoms with E-state index >= 15 is 0 Å². The Hall–Kier alpha value is -2.01. The van der Waals surface area contributed by atoms with E-state index in [0.717, 1.165) is 22.0 Å². The fourth-order valence-electron chi connectivity index (χ4n) is 2.15. The van der Waals surface area contributed by atoms with Crippen molar-refractivity contribution < 1.29 is 4.74 Å². The van der Waals surface area contributed by atoms with Crippen molar-refractivity contribution in [1.82, 2.24) is 9.38 Å². The molecule has 4 nitrogen and oxygen atoms in total. The van der Waals surface area contributed by atoms with Gasteiger partial charge in [0.2, 0.25) is 0 Å². The van der Waals surface area contributed by atoms with Gasteiger partial charge in [-0.3, -0.25) is 4.40 Å². The van der Waals surface area contributed by atoms with Crippen LogP contribution < -0.4 is 10.5 Å². The van der Waals surface area contributed by atoms with Gasteiger partial charge >= 0.3 is 0 Å². The molecule has 0 aliphatic heterocycles. The molecule has 0 spiro atoms. The number of hydrogen-bond acceptors (Lipinski definition) is 4. The van der Waals surface area contributed by atoms with E-state index in [4.69, 9.17) is 10.5 Å². The highest BCUT2D eigenvalue weighted by atomic mass is 32.1. The third-order valence-corrected chi connectivity index (χ3v) is 4.16. The second-order valence-corrected chi connectivity index (χ2v) is 5.41. The maximum atomic E-state index is 5.75. The highest BCUT2D eigenvalue weighted by Crippen LogP contribution is 2.35. The third kappa shape index (κ3) is 1.86. The molecule has 0 atom stereocenters. The van der Waals surface area contributed by atoms with E-state index in [-0.39, 0.29) is 0 Å². The summed E-state index contributed by atoms with van der Waals surface area (Å²) in [7, 11) is 1.69. The minimum atomic E-state index is 0.538. The van der Waals surface area contributed by atoms with Crippen LogP contribution in [-0.4, -0.2) is 16.5 Å². The molecule has 2 N–H and O–H groups in total. The monoisotopic (exact) mass is 273 g/mol. The number of nitrogen functional groups attached to an aromatic ring is 1. The molecule has 0 aliphatic rings. The van der Waals surface area contributed by atoms with E-state index < -0.39 is 0 Å². The van der Waals surface area contributed by atoms with Crippen molar-refractivity contribution >= 4 is 22.1 Å². The zero-order chi connectivity index (χ0) is 13.6. The predicted molar refractivity (Wildman–Crippen MR) is 78.9 cm³/mol. The molecule has 98 valence electrons. The van der Waals surface area contributed by atoms with Gasteiger partial charge in [0.25, 0.3) is 0 Å². The van der Waals surface area contributed by atoms with Crippen molar-refractivity contribution in [2.24, 2.45) is 0 Å². The summed E-state index contributed by atoms with van der Waals surface area (Å²) < 4.78 is 7.51. The molecule has 5 heteroatoms. The zero-order valence-corrected chi connectivity index (χ0v) is 11.9. The molecule has 0 fully saturated rings. The van der Waals surface area contributed by atoms with Crippen LogP contribution >= 0.6 is 11.3 Å². The Morgan fingerprint density at radius 1 is 1.26 bits per heavy atom. The Morgan fingerprint density at radius 2 is 2.00 bits per heavy atom. The van der Waals surface area contributed by atoms with Crippen LogP contribution in [0.3, 0.4) is 0 Å². The number of aryl methyl sites for hydroxylation is 2. The number of benzene rings is 1. The number of aromatic nitrogens is 2. The first-order valence-corrected chi connectivity index (χ1v) is 6.86. The summed E-state index contributed by atoms with van der Waals surface area (Å²) in [4.78, 5) is 5.17. The van der Waals surface area contributed by atoms with E-state index in [1.54, 1.807) is 18.4 Å². The number of fused-ring (bicyclic) bond motifs is 1. The Kier molecular flexibility index (Phi) is 2.71. The molecule has 3 rings (SSSR count). The SMILES string of the molecule is COc1cc(C)c(C)cc1-c1csc2nc(N)cn12. The lowest BCUT2D eigenvalue weighted by Gasteiger charge is -2.11. The van der Waals surface area contributed by atoms with Gasteiger partial charge in [-0.1, -0.05) is 0 Å². The van der Waals surface area contributed by atoms with Gasteiger partial charge in [0, 0.05) is 10.9 Å². The molecule has 19 heavy (non-hydrogen) atoms. The predicted octanol–water partition coefficient (Wildman–Crippen LogP) is 3.27. The normalized spacial score (nSPS) is 11.1. The number of anilines is 1. The standard InChI is InChI=1S/C14H15N3OS/c1-8-4-10(12(18-3)5-9(8)2)11-7-19-14-16-13(15)6-17(11)14/h4-7H,15H2,1-3H3. The number of rotatable bonds is 2. The summed E-state index contributed by atoms with van der Waals surface area (Å²) >= 11 is 1.58. The van der Waals surface area contributed by atoms with Crippen molar-refractivity contribution in [1.29, 1.82) is 0 Å². The minimum absolute atomic E-state index is 0.538. The van der Waals surface area contributed by atoms with Crippen LogP contribution in [0.2, 0.25) is 0 Å². The van der Waals surface area contributed by atoms with Crippen molar-refractivity contribution in [3.63, 3.8) is 0 Å². The van der Waals surface area contributed by atoms with Crippen LogP contribution in [0.5, 0.6) is 5.75 Å². The molecule has 2 aromatic heterocycles. The average molecular weight is 273 g/mol. The number of nitrogens with two attached hydrogens (primary N) is 1. The van der Waals surface area contributed by atoms with Gasteiger partial charge in [-0.05, 0) is 37.1 Å². The number of nitrogens with zero attached hydrogens (tertiary/aromatic N) is 2. The zero-order valence-electron chi connectivity index (χ0n) is 11.1. The number of imidazole rings is 1. The summed E-state index contributed by atoms with van der Waals surface area (Å²) in [5.41, 5.74) is 10.3. The van der Waals surface area contributed by atoms with Crippen molar-refractivity contribution in [3.05, 3.63) is 34.8 Å². The summed E-state index contributed by atoms with van der Waals surface area (Å²) in [5.74, 6) is 1.41. The first kappa shape index (κ1) is 12.0. The molecule has 0 saturated carbocycles. The van der Waals surface area contributed by atoms with Crippen LogP contribution in [0.4, 0.5) is 5.82 Å². The lowest BCUT2D eigenvalue weighted by Crippen LogP contribution is -1.93. The molecule has 0 bridgehead atoms. The van der Waals surface area contributed by atoms with Crippen molar-refractivity contribution in [2.75, 3.05) is 12.8 Å². The van der Waals surface area contributed by atoms with Gasteiger partial charge < -0.3 is 10.5 Å². The second-order valence-electron chi connectivity index (χ2n) is 4.58. The molecule has 3 aromatic rings. The molecule has 0 unspecified atom stereocenters. The highest BCUT2D eigenvalue weighted by molar-refractivity contribution is 7.15. The lowest BCUT2D eigenvalue weighted by atomic mass is 10.0. The topological polar surface area (TPSA) is 52.5 Å². The quantitative estimate of drug-likeness (QED) is 0.779. The Balaban J connectivity index is 2.28. The summed E-state index contributed by atoms with van der Waals surface area (Å²) in [5, 5.41) is 2.08. The van der Waals surface area contributed by atoms with Gasteiger partial charge in [-0.25, -0.2) is 4.98 Å². The van der Waals surface area contributed by atoms with Crippen LogP contribution in [0.1, 0.15) is 11.1 Å². The Bertz CT molecular complexity index is 757. The van der Waals surface area contributed by atoms with Crippen LogP contribution in [0, 0.1) is 13.8 Å². The maximum Gasteiger partial charge on any atom is 0.196 e. The van der Waals surface area contributed by atoms with Crippen LogP contribution in [0.25, 0.3) is 16.2 Å².